The fourth-order valence-corrected chi connectivity index (χ4v) is 3.64. The molecule has 2 aromatic heterocycles. The number of aliphatic hydroxyl groups is 1. The molecule has 1 N–H and O–H groups in total. The molecule has 1 aliphatic rings. The van der Waals surface area contributed by atoms with Crippen molar-refractivity contribution in [2.24, 2.45) is 0 Å². The van der Waals surface area contributed by atoms with Gasteiger partial charge in [0.1, 0.15) is 17.0 Å². The van der Waals surface area contributed by atoms with Crippen molar-refractivity contribution >= 4 is 15.8 Å². The third-order valence-electron chi connectivity index (χ3n) is 3.39. The van der Waals surface area contributed by atoms with Gasteiger partial charge in [0.05, 0.1) is 12.8 Å². The number of nitrogens with zero attached hydrogens (tertiary/aromatic N) is 2. The Hall–Kier alpha value is -2.07. The van der Waals surface area contributed by atoms with Crippen LogP contribution >= 0.6 is 0 Å². The number of hydrogen-bond donors (Lipinski definition) is 1. The summed E-state index contributed by atoms with van der Waals surface area (Å²) in [6.45, 7) is -1.20. The standard InChI is InChI=1S/C12H9F3N2O4S/c13-12(14,15)11(18)7-17(10-9(11)2-1-4-16-10)22(19,20)8-3-5-21-6-8/h1-6,18H,7H2. The van der Waals surface area contributed by atoms with Crippen LogP contribution in [0.1, 0.15) is 5.56 Å². The molecule has 0 amide bonds. The molecule has 1 atom stereocenters. The Labute approximate surface area is 122 Å². The van der Waals surface area contributed by atoms with Crippen LogP contribution in [0, 0.1) is 0 Å². The molecule has 3 rings (SSSR count). The van der Waals surface area contributed by atoms with Crippen LogP contribution in [0.4, 0.5) is 19.0 Å². The highest BCUT2D eigenvalue weighted by molar-refractivity contribution is 7.92. The van der Waals surface area contributed by atoms with Crippen LogP contribution in [0.2, 0.25) is 0 Å². The summed E-state index contributed by atoms with van der Waals surface area (Å²) in [6, 6.07) is 3.30. The highest BCUT2D eigenvalue weighted by atomic mass is 32.2. The van der Waals surface area contributed by atoms with Crippen molar-refractivity contribution in [3.63, 3.8) is 0 Å². The molecular weight excluding hydrogens is 325 g/mol. The van der Waals surface area contributed by atoms with Gasteiger partial charge in [-0.3, -0.25) is 0 Å². The lowest BCUT2D eigenvalue weighted by molar-refractivity contribution is -0.258. The first kappa shape index (κ1) is 14.9. The maximum absolute atomic E-state index is 13.2. The van der Waals surface area contributed by atoms with E-state index < -0.39 is 39.7 Å². The van der Waals surface area contributed by atoms with Crippen LogP contribution in [-0.2, 0) is 15.6 Å². The van der Waals surface area contributed by atoms with E-state index in [9.17, 15) is 26.7 Å². The molecule has 1 aliphatic heterocycles. The maximum atomic E-state index is 13.2. The Morgan fingerprint density at radius 1 is 1.36 bits per heavy atom. The fourth-order valence-electron chi connectivity index (χ4n) is 2.25. The Morgan fingerprint density at radius 3 is 2.68 bits per heavy atom. The molecule has 22 heavy (non-hydrogen) atoms. The Bertz CT molecular complexity index is 804. The minimum atomic E-state index is -5.05. The smallest absolute Gasteiger partial charge is 0.423 e. The summed E-state index contributed by atoms with van der Waals surface area (Å²) >= 11 is 0. The number of pyridine rings is 1. The topological polar surface area (TPSA) is 83.6 Å². The van der Waals surface area contributed by atoms with Crippen LogP contribution in [0.15, 0.2) is 46.2 Å². The zero-order valence-electron chi connectivity index (χ0n) is 10.8. The summed E-state index contributed by atoms with van der Waals surface area (Å²) in [5, 5.41) is 10.0. The van der Waals surface area contributed by atoms with Gasteiger partial charge in [-0.1, -0.05) is 6.07 Å². The SMILES string of the molecule is O=S(=O)(c1ccoc1)N1CC(O)(C(F)(F)F)c2cccnc21. The Morgan fingerprint density at radius 2 is 2.09 bits per heavy atom. The predicted octanol–water partition coefficient (Wildman–Crippen LogP) is 1.63. The summed E-state index contributed by atoms with van der Waals surface area (Å²) in [7, 11) is -4.32. The van der Waals surface area contributed by atoms with E-state index in [4.69, 9.17) is 0 Å². The molecule has 1 unspecified atom stereocenters. The van der Waals surface area contributed by atoms with Crippen molar-refractivity contribution < 1.29 is 31.1 Å². The number of fused-ring (bicyclic) bond motifs is 1. The summed E-state index contributed by atoms with van der Waals surface area (Å²) in [6.07, 6.45) is -1.93. The van der Waals surface area contributed by atoms with E-state index in [0.29, 0.717) is 4.31 Å². The lowest BCUT2D eigenvalue weighted by atomic mass is 9.97. The Balaban J connectivity index is 2.18. The van der Waals surface area contributed by atoms with Crippen LogP contribution in [0.25, 0.3) is 0 Å². The molecule has 3 heterocycles. The normalized spacial score (nSPS) is 21.9. The molecule has 0 aromatic carbocycles. The predicted molar refractivity (Wildman–Crippen MR) is 67.4 cm³/mol. The van der Waals surface area contributed by atoms with Crippen LogP contribution < -0.4 is 4.31 Å². The quantitative estimate of drug-likeness (QED) is 0.902. The van der Waals surface area contributed by atoms with Gasteiger partial charge >= 0.3 is 6.18 Å². The molecule has 0 spiro atoms. The van der Waals surface area contributed by atoms with Gasteiger partial charge in [0.15, 0.2) is 0 Å². The van der Waals surface area contributed by atoms with Crippen molar-refractivity contribution in [3.8, 4) is 0 Å². The molecule has 118 valence electrons. The van der Waals surface area contributed by atoms with Gasteiger partial charge in [0.2, 0.25) is 5.60 Å². The zero-order valence-corrected chi connectivity index (χ0v) is 11.6. The van der Waals surface area contributed by atoms with Crippen molar-refractivity contribution in [2.45, 2.75) is 16.7 Å². The molecule has 0 saturated heterocycles. The molecule has 6 nitrogen and oxygen atoms in total. The number of halogens is 3. The van der Waals surface area contributed by atoms with Gasteiger partial charge in [0, 0.05) is 11.8 Å². The first-order valence-electron chi connectivity index (χ1n) is 5.97. The maximum Gasteiger partial charge on any atom is 0.423 e. The average Bonchev–Trinajstić information content (AvgIpc) is 3.06. The molecule has 10 heteroatoms. The molecule has 0 fully saturated rings. The number of furan rings is 1. The molecule has 0 aliphatic carbocycles. The minimum Gasteiger partial charge on any atom is -0.471 e. The number of anilines is 1. The second kappa shape index (κ2) is 4.46. The van der Waals surface area contributed by atoms with Gasteiger partial charge in [-0.2, -0.15) is 13.2 Å². The Kier molecular flexibility index (Phi) is 3.01. The van der Waals surface area contributed by atoms with Gasteiger partial charge in [-0.25, -0.2) is 17.7 Å². The van der Waals surface area contributed by atoms with E-state index >= 15 is 0 Å². The van der Waals surface area contributed by atoms with Gasteiger partial charge < -0.3 is 9.52 Å². The number of rotatable bonds is 2. The van der Waals surface area contributed by atoms with Crippen LogP contribution in [0.5, 0.6) is 0 Å². The number of hydrogen-bond acceptors (Lipinski definition) is 5. The molecule has 0 bridgehead atoms. The molecular formula is C12H9F3N2O4S. The zero-order chi connectivity index (χ0) is 16.2. The van der Waals surface area contributed by atoms with E-state index in [0.717, 1.165) is 30.9 Å². The van der Waals surface area contributed by atoms with E-state index in [1.165, 1.54) is 6.07 Å². The third-order valence-corrected chi connectivity index (χ3v) is 5.10. The van der Waals surface area contributed by atoms with Gasteiger partial charge in [-0.05, 0) is 12.1 Å². The summed E-state index contributed by atoms with van der Waals surface area (Å²) in [4.78, 5) is 3.36. The van der Waals surface area contributed by atoms with Crippen molar-refractivity contribution in [1.29, 1.82) is 0 Å². The van der Waals surface area contributed by atoms with Gasteiger partial charge in [0.25, 0.3) is 10.0 Å². The van der Waals surface area contributed by atoms with Crippen molar-refractivity contribution in [2.75, 3.05) is 10.8 Å². The minimum absolute atomic E-state index is 0.324. The molecule has 0 radical (unpaired) electrons. The lowest BCUT2D eigenvalue weighted by Gasteiger charge is -2.26. The monoisotopic (exact) mass is 334 g/mol. The van der Waals surface area contributed by atoms with Crippen LogP contribution in [-0.4, -0.2) is 31.2 Å². The van der Waals surface area contributed by atoms with E-state index in [2.05, 4.69) is 9.40 Å². The van der Waals surface area contributed by atoms with E-state index in [1.807, 2.05) is 0 Å². The second-order valence-electron chi connectivity index (χ2n) is 4.70. The first-order valence-corrected chi connectivity index (χ1v) is 7.41. The number of aromatic nitrogens is 1. The number of sulfonamides is 1. The summed E-state index contributed by atoms with van der Waals surface area (Å²) in [5.41, 5.74) is -3.91. The lowest BCUT2D eigenvalue weighted by Crippen LogP contribution is -2.47. The van der Waals surface area contributed by atoms with Gasteiger partial charge in [-0.15, -0.1) is 0 Å². The van der Waals surface area contributed by atoms with E-state index in [-0.39, 0.29) is 4.90 Å². The highest BCUT2D eigenvalue weighted by Crippen LogP contribution is 2.48. The first-order chi connectivity index (χ1) is 10.2. The number of alkyl halides is 3. The van der Waals surface area contributed by atoms with Crippen LogP contribution in [0.3, 0.4) is 0 Å². The third kappa shape index (κ3) is 1.91. The molecule has 2 aromatic rings. The number of β-amino-alcohol motifs (C(OH)–C–C–N with tert-alkyl or cyclic N) is 1. The van der Waals surface area contributed by atoms with Crippen molar-refractivity contribution in [1.82, 2.24) is 4.98 Å². The average molecular weight is 334 g/mol. The highest BCUT2D eigenvalue weighted by Gasteiger charge is 2.62. The second-order valence-corrected chi connectivity index (χ2v) is 6.57. The summed E-state index contributed by atoms with van der Waals surface area (Å²) in [5.74, 6) is -0.455. The van der Waals surface area contributed by atoms with Crippen molar-refractivity contribution in [3.05, 3.63) is 42.5 Å². The molecule has 0 saturated carbocycles. The van der Waals surface area contributed by atoms with E-state index in [1.54, 1.807) is 0 Å². The summed E-state index contributed by atoms with van der Waals surface area (Å²) < 4.78 is 69.6. The largest absolute Gasteiger partial charge is 0.471 e. The fraction of sp³-hybridized carbons (Fsp3) is 0.250.